The van der Waals surface area contributed by atoms with Crippen LogP contribution in [0.25, 0.3) is 6.08 Å². The molecule has 4 nitrogen and oxygen atoms in total. The van der Waals surface area contributed by atoms with Crippen LogP contribution in [0.3, 0.4) is 0 Å². The monoisotopic (exact) mass is 177 g/mol. The lowest BCUT2D eigenvalue weighted by Crippen LogP contribution is -2.29. The van der Waals surface area contributed by atoms with E-state index in [4.69, 9.17) is 9.94 Å². The number of hydrogen-bond acceptors (Lipinski definition) is 2. The van der Waals surface area contributed by atoms with E-state index in [1.807, 2.05) is 12.1 Å². The second kappa shape index (κ2) is 2.82. The molecule has 1 aromatic rings. The van der Waals surface area contributed by atoms with E-state index in [0.717, 1.165) is 10.6 Å². The highest BCUT2D eigenvalue weighted by Crippen LogP contribution is 2.24. The topological polar surface area (TPSA) is 49.8 Å². The Balaban J connectivity index is 2.34. The minimum absolute atomic E-state index is 0.549. The summed E-state index contributed by atoms with van der Waals surface area (Å²) in [7, 11) is 0. The van der Waals surface area contributed by atoms with Crippen LogP contribution in [-0.2, 0) is 0 Å². The van der Waals surface area contributed by atoms with Gasteiger partial charge in [-0.25, -0.2) is 4.79 Å². The number of para-hydroxylation sites is 1. The molecule has 1 amide bonds. The van der Waals surface area contributed by atoms with Crippen molar-refractivity contribution in [2.24, 2.45) is 0 Å². The minimum Gasteiger partial charge on any atom is -0.463 e. The maximum atomic E-state index is 10.5. The molecule has 1 heterocycles. The van der Waals surface area contributed by atoms with E-state index in [-0.39, 0.29) is 0 Å². The number of amides is 1. The molecule has 0 aliphatic carbocycles. The Bertz CT molecular complexity index is 373. The largest absolute Gasteiger partial charge is 0.463 e. The van der Waals surface area contributed by atoms with Crippen LogP contribution in [0.5, 0.6) is 5.75 Å². The summed E-state index contributed by atoms with van der Waals surface area (Å²) in [4.78, 5) is 15.6. The molecule has 66 valence electrons. The van der Waals surface area contributed by atoms with Gasteiger partial charge in [-0.3, -0.25) is 0 Å². The third-order valence-corrected chi connectivity index (χ3v) is 1.69. The van der Waals surface area contributed by atoms with Crippen molar-refractivity contribution < 1.29 is 14.7 Å². The molecule has 0 unspecified atom stereocenters. The molecule has 0 radical (unpaired) electrons. The first-order valence-corrected chi connectivity index (χ1v) is 3.75. The molecule has 2 rings (SSSR count). The van der Waals surface area contributed by atoms with Crippen molar-refractivity contribution >= 4 is 12.2 Å². The lowest BCUT2D eigenvalue weighted by atomic mass is 10.2. The summed E-state index contributed by atoms with van der Waals surface area (Å²) >= 11 is 0. The van der Waals surface area contributed by atoms with Crippen LogP contribution >= 0.6 is 0 Å². The number of carboxylic acid groups (broad SMARTS) is 1. The molecular weight excluding hydrogens is 170 g/mol. The molecule has 1 aliphatic heterocycles. The zero-order chi connectivity index (χ0) is 9.26. The van der Waals surface area contributed by atoms with Crippen LogP contribution in [0.1, 0.15) is 5.56 Å². The zero-order valence-electron chi connectivity index (χ0n) is 6.68. The van der Waals surface area contributed by atoms with Gasteiger partial charge in [-0.1, -0.05) is 18.2 Å². The Morgan fingerprint density at radius 3 is 2.92 bits per heavy atom. The molecule has 13 heavy (non-hydrogen) atoms. The Morgan fingerprint density at radius 2 is 2.15 bits per heavy atom. The van der Waals surface area contributed by atoms with Crippen molar-refractivity contribution in [1.29, 1.82) is 0 Å². The Labute approximate surface area is 74.6 Å². The number of benzene rings is 1. The van der Waals surface area contributed by atoms with Gasteiger partial charge in [0.1, 0.15) is 0 Å². The van der Waals surface area contributed by atoms with E-state index in [9.17, 15) is 4.79 Å². The molecule has 1 aliphatic rings. The predicted molar refractivity (Wildman–Crippen MR) is 46.0 cm³/mol. The van der Waals surface area contributed by atoms with Gasteiger partial charge in [-0.15, -0.1) is 5.06 Å². The van der Waals surface area contributed by atoms with E-state index in [1.165, 1.54) is 6.20 Å². The van der Waals surface area contributed by atoms with Crippen LogP contribution in [0, 0.1) is 0 Å². The molecule has 0 aromatic heterocycles. The first kappa shape index (κ1) is 7.67. The normalized spacial score (nSPS) is 13.4. The quantitative estimate of drug-likeness (QED) is 0.658. The third kappa shape index (κ3) is 1.33. The third-order valence-electron chi connectivity index (χ3n) is 1.69. The molecule has 0 spiro atoms. The van der Waals surface area contributed by atoms with Gasteiger partial charge in [-0.05, 0) is 12.1 Å². The minimum atomic E-state index is -1.13. The Morgan fingerprint density at radius 1 is 1.38 bits per heavy atom. The summed E-state index contributed by atoms with van der Waals surface area (Å²) in [5, 5.41) is 9.38. The summed E-state index contributed by atoms with van der Waals surface area (Å²) in [6.45, 7) is 0. The van der Waals surface area contributed by atoms with Gasteiger partial charge in [0, 0.05) is 5.56 Å². The van der Waals surface area contributed by atoms with E-state index in [0.29, 0.717) is 5.75 Å². The highest BCUT2D eigenvalue weighted by molar-refractivity contribution is 5.69. The van der Waals surface area contributed by atoms with Crippen molar-refractivity contribution in [1.82, 2.24) is 5.06 Å². The summed E-state index contributed by atoms with van der Waals surface area (Å²) in [6, 6.07) is 7.22. The summed E-state index contributed by atoms with van der Waals surface area (Å²) in [5.41, 5.74) is 0.875. The van der Waals surface area contributed by atoms with E-state index in [2.05, 4.69) is 0 Å². The van der Waals surface area contributed by atoms with Crippen molar-refractivity contribution in [3.05, 3.63) is 36.0 Å². The molecule has 1 N–H and O–H groups in total. The number of rotatable bonds is 0. The Kier molecular flexibility index (Phi) is 1.66. The number of nitrogens with zero attached hydrogens (tertiary/aromatic N) is 1. The highest BCUT2D eigenvalue weighted by Gasteiger charge is 2.16. The van der Waals surface area contributed by atoms with Crippen molar-refractivity contribution in [2.75, 3.05) is 0 Å². The molecule has 0 saturated carbocycles. The fourth-order valence-electron chi connectivity index (χ4n) is 1.09. The first-order valence-electron chi connectivity index (χ1n) is 3.75. The molecule has 4 heteroatoms. The fourth-order valence-corrected chi connectivity index (χ4v) is 1.09. The molecule has 0 atom stereocenters. The molecule has 0 saturated heterocycles. The van der Waals surface area contributed by atoms with E-state index >= 15 is 0 Å². The molecular formula is C9H7NO3. The van der Waals surface area contributed by atoms with Crippen LogP contribution < -0.4 is 4.84 Å². The molecule has 1 aromatic carbocycles. The SMILES string of the molecule is O=C(O)N1C=Cc2ccccc2O1. The average molecular weight is 177 g/mol. The van der Waals surface area contributed by atoms with Gasteiger partial charge in [0.2, 0.25) is 0 Å². The van der Waals surface area contributed by atoms with Crippen LogP contribution in [0.4, 0.5) is 4.79 Å². The van der Waals surface area contributed by atoms with Crippen molar-refractivity contribution in [3.63, 3.8) is 0 Å². The lowest BCUT2D eigenvalue weighted by Gasteiger charge is -2.20. The van der Waals surface area contributed by atoms with Gasteiger partial charge in [0.05, 0.1) is 6.20 Å². The van der Waals surface area contributed by atoms with Gasteiger partial charge < -0.3 is 9.94 Å². The van der Waals surface area contributed by atoms with E-state index < -0.39 is 6.09 Å². The van der Waals surface area contributed by atoms with Crippen LogP contribution in [0.15, 0.2) is 30.5 Å². The predicted octanol–water partition coefficient (Wildman–Crippen LogP) is 1.94. The molecule has 0 fully saturated rings. The number of fused-ring (bicyclic) bond motifs is 1. The Hall–Kier alpha value is -1.97. The second-order valence-corrected chi connectivity index (χ2v) is 2.55. The van der Waals surface area contributed by atoms with Gasteiger partial charge in [0.25, 0.3) is 0 Å². The summed E-state index contributed by atoms with van der Waals surface area (Å²) in [6.07, 6.45) is 1.92. The van der Waals surface area contributed by atoms with Gasteiger partial charge in [0.15, 0.2) is 5.75 Å². The highest BCUT2D eigenvalue weighted by atomic mass is 16.7. The maximum absolute atomic E-state index is 10.5. The number of hydroxylamine groups is 2. The average Bonchev–Trinajstić information content (AvgIpc) is 2.17. The summed E-state index contributed by atoms with van der Waals surface area (Å²) in [5.74, 6) is 0.549. The molecule has 0 bridgehead atoms. The smallest absolute Gasteiger partial charge is 0.445 e. The summed E-state index contributed by atoms with van der Waals surface area (Å²) < 4.78 is 0. The van der Waals surface area contributed by atoms with E-state index in [1.54, 1.807) is 18.2 Å². The van der Waals surface area contributed by atoms with Crippen LogP contribution in [0.2, 0.25) is 0 Å². The number of carbonyl (C=O) groups is 1. The fraction of sp³-hybridized carbons (Fsp3) is 0. The van der Waals surface area contributed by atoms with Crippen LogP contribution in [-0.4, -0.2) is 16.3 Å². The number of hydrogen-bond donors (Lipinski definition) is 1. The van der Waals surface area contributed by atoms with Crippen molar-refractivity contribution in [2.45, 2.75) is 0 Å². The maximum Gasteiger partial charge on any atom is 0.445 e. The van der Waals surface area contributed by atoms with Gasteiger partial charge >= 0.3 is 6.09 Å². The second-order valence-electron chi connectivity index (χ2n) is 2.55. The van der Waals surface area contributed by atoms with Gasteiger partial charge in [-0.2, -0.15) is 0 Å². The zero-order valence-corrected chi connectivity index (χ0v) is 6.68. The lowest BCUT2D eigenvalue weighted by molar-refractivity contribution is 0.00437. The standard InChI is InChI=1S/C9H7NO3/c11-9(12)10-6-5-7-3-1-2-4-8(7)13-10/h1-6H,(H,11,12). The van der Waals surface area contributed by atoms with Crippen molar-refractivity contribution in [3.8, 4) is 5.75 Å². The first-order chi connectivity index (χ1) is 6.27.